The van der Waals surface area contributed by atoms with Crippen LogP contribution in [0, 0.1) is 0 Å². The number of rotatable bonds is 5. The Morgan fingerprint density at radius 3 is 1.85 bits per heavy atom. The summed E-state index contributed by atoms with van der Waals surface area (Å²) in [6.45, 7) is 0. The third kappa shape index (κ3) is 4.84. The van der Waals surface area contributed by atoms with Crippen LogP contribution in [-0.2, 0) is 0 Å². The molecule has 3 heterocycles. The molecule has 0 atom stereocenters. The van der Waals surface area contributed by atoms with E-state index in [9.17, 15) is 0 Å². The molecule has 0 aliphatic carbocycles. The van der Waals surface area contributed by atoms with Crippen molar-refractivity contribution in [3.8, 4) is 56.2 Å². The van der Waals surface area contributed by atoms with Crippen molar-refractivity contribution in [2.75, 3.05) is 0 Å². The van der Waals surface area contributed by atoms with Crippen LogP contribution in [0.3, 0.4) is 0 Å². The quantitative estimate of drug-likeness (QED) is 0.197. The largest absolute Gasteiger partial charge is 0.454 e. The molecule has 4 nitrogen and oxygen atoms in total. The maximum absolute atomic E-state index is 6.47. The second-order valence-electron chi connectivity index (χ2n) is 11.7. The summed E-state index contributed by atoms with van der Waals surface area (Å²) in [5.74, 6) is 0.683. The van der Waals surface area contributed by atoms with Crippen molar-refractivity contribution in [3.05, 3.63) is 164 Å². The maximum Gasteiger partial charge on any atom is 0.161 e. The third-order valence-electron chi connectivity index (χ3n) is 8.73. The molecular formula is C43H27N3O. The van der Waals surface area contributed by atoms with Gasteiger partial charge in [-0.15, -0.1) is 0 Å². The summed E-state index contributed by atoms with van der Waals surface area (Å²) in [6, 6.07) is 54.4. The van der Waals surface area contributed by atoms with Crippen molar-refractivity contribution >= 4 is 32.8 Å². The second kappa shape index (κ2) is 11.2. The Hall–Kier alpha value is -6.39. The molecule has 9 aromatic rings. The third-order valence-corrected chi connectivity index (χ3v) is 8.73. The van der Waals surface area contributed by atoms with E-state index in [0.717, 1.165) is 72.4 Å². The maximum atomic E-state index is 6.47. The molecule has 4 heteroatoms. The molecule has 0 aliphatic rings. The van der Waals surface area contributed by atoms with Crippen molar-refractivity contribution < 1.29 is 4.42 Å². The predicted octanol–water partition coefficient (Wildman–Crippen LogP) is 11.3. The Morgan fingerprint density at radius 1 is 0.426 bits per heavy atom. The van der Waals surface area contributed by atoms with E-state index in [1.54, 1.807) is 0 Å². The summed E-state index contributed by atoms with van der Waals surface area (Å²) in [4.78, 5) is 14.9. The number of para-hydroxylation sites is 1. The van der Waals surface area contributed by atoms with Crippen LogP contribution in [0.4, 0.5) is 0 Å². The van der Waals surface area contributed by atoms with Crippen molar-refractivity contribution in [3.63, 3.8) is 0 Å². The lowest BCUT2D eigenvalue weighted by molar-refractivity contribution is 0.669. The molecule has 3 aromatic heterocycles. The molecule has 0 fully saturated rings. The van der Waals surface area contributed by atoms with E-state index >= 15 is 0 Å². The number of aromatic nitrogens is 3. The van der Waals surface area contributed by atoms with Gasteiger partial charge in [0.2, 0.25) is 0 Å². The SMILES string of the molecule is c1ccc(-c2cc(-c3cc(-c4cccc5ccccc45)cc(-c4ccnc5c4oc4ccccc45)c3)nc(-c3ccccc3)n2)cc1. The van der Waals surface area contributed by atoms with E-state index in [-0.39, 0.29) is 0 Å². The highest BCUT2D eigenvalue weighted by atomic mass is 16.3. The van der Waals surface area contributed by atoms with Crippen LogP contribution in [0.25, 0.3) is 89.0 Å². The van der Waals surface area contributed by atoms with Crippen LogP contribution in [0.1, 0.15) is 0 Å². The van der Waals surface area contributed by atoms with E-state index < -0.39 is 0 Å². The molecule has 47 heavy (non-hydrogen) atoms. The summed E-state index contributed by atoms with van der Waals surface area (Å²) >= 11 is 0. The van der Waals surface area contributed by atoms with E-state index in [1.165, 1.54) is 10.8 Å². The first-order chi connectivity index (χ1) is 23.3. The molecular weight excluding hydrogens is 574 g/mol. The molecule has 0 spiro atoms. The van der Waals surface area contributed by atoms with Gasteiger partial charge in [0.05, 0.1) is 11.4 Å². The zero-order chi connectivity index (χ0) is 31.2. The van der Waals surface area contributed by atoms with E-state index in [4.69, 9.17) is 19.4 Å². The lowest BCUT2D eigenvalue weighted by Gasteiger charge is -2.14. The van der Waals surface area contributed by atoms with Crippen LogP contribution in [-0.4, -0.2) is 15.0 Å². The van der Waals surface area contributed by atoms with Crippen molar-refractivity contribution in [1.29, 1.82) is 0 Å². The van der Waals surface area contributed by atoms with Gasteiger partial charge >= 0.3 is 0 Å². The van der Waals surface area contributed by atoms with Gasteiger partial charge in [0.15, 0.2) is 11.4 Å². The topological polar surface area (TPSA) is 51.8 Å². The van der Waals surface area contributed by atoms with Gasteiger partial charge in [-0.1, -0.05) is 115 Å². The highest BCUT2D eigenvalue weighted by Crippen LogP contribution is 2.40. The van der Waals surface area contributed by atoms with Gasteiger partial charge < -0.3 is 4.42 Å². The van der Waals surface area contributed by atoms with Crippen LogP contribution in [0.15, 0.2) is 168 Å². The fourth-order valence-electron chi connectivity index (χ4n) is 6.46. The lowest BCUT2D eigenvalue weighted by Crippen LogP contribution is -1.96. The van der Waals surface area contributed by atoms with Gasteiger partial charge in [0.25, 0.3) is 0 Å². The number of fused-ring (bicyclic) bond motifs is 4. The van der Waals surface area contributed by atoms with Gasteiger partial charge in [-0.2, -0.15) is 0 Å². The summed E-state index contributed by atoms with van der Waals surface area (Å²) < 4.78 is 6.47. The Balaban J connectivity index is 1.33. The molecule has 0 saturated heterocycles. The van der Waals surface area contributed by atoms with Gasteiger partial charge in [-0.25, -0.2) is 9.97 Å². The average molecular weight is 602 g/mol. The van der Waals surface area contributed by atoms with E-state index in [0.29, 0.717) is 5.82 Å². The number of benzene rings is 6. The minimum absolute atomic E-state index is 0.683. The Morgan fingerprint density at radius 2 is 1.04 bits per heavy atom. The normalized spacial score (nSPS) is 11.4. The summed E-state index contributed by atoms with van der Waals surface area (Å²) in [5.41, 5.74) is 11.4. The van der Waals surface area contributed by atoms with Crippen LogP contribution < -0.4 is 0 Å². The fourth-order valence-corrected chi connectivity index (χ4v) is 6.46. The Labute approximate surface area is 271 Å². The number of hydrogen-bond acceptors (Lipinski definition) is 4. The molecule has 220 valence electrons. The minimum Gasteiger partial charge on any atom is -0.454 e. The van der Waals surface area contributed by atoms with E-state index in [2.05, 4.69) is 97.1 Å². The summed E-state index contributed by atoms with van der Waals surface area (Å²) in [7, 11) is 0. The highest BCUT2D eigenvalue weighted by molar-refractivity contribution is 6.08. The molecule has 0 amide bonds. The highest BCUT2D eigenvalue weighted by Gasteiger charge is 2.18. The molecule has 0 unspecified atom stereocenters. The lowest BCUT2D eigenvalue weighted by atomic mass is 9.92. The molecule has 9 rings (SSSR count). The van der Waals surface area contributed by atoms with Crippen molar-refractivity contribution in [2.24, 2.45) is 0 Å². The standard InChI is InChI=1S/C43H27N3O/c1-3-13-29(14-4-1)38-27-39(46-43(45-38)30-15-5-2-6-16-30)33-25-31(35-20-11-17-28-12-7-8-18-34(28)35)24-32(26-33)36-22-23-44-41-37-19-9-10-21-40(37)47-42(36)41/h1-27H. The van der Waals surface area contributed by atoms with Gasteiger partial charge in [0, 0.05) is 33.8 Å². The molecule has 0 aliphatic heterocycles. The first-order valence-electron chi connectivity index (χ1n) is 15.7. The zero-order valence-electron chi connectivity index (χ0n) is 25.3. The molecule has 6 aromatic carbocycles. The Bertz CT molecular complexity index is 2510. The van der Waals surface area contributed by atoms with Crippen LogP contribution >= 0.6 is 0 Å². The average Bonchev–Trinajstić information content (AvgIpc) is 3.54. The first-order valence-corrected chi connectivity index (χ1v) is 15.7. The predicted molar refractivity (Wildman–Crippen MR) is 192 cm³/mol. The zero-order valence-corrected chi connectivity index (χ0v) is 25.3. The van der Waals surface area contributed by atoms with Gasteiger partial charge in [-0.3, -0.25) is 4.98 Å². The molecule has 0 saturated carbocycles. The second-order valence-corrected chi connectivity index (χ2v) is 11.7. The van der Waals surface area contributed by atoms with Crippen LogP contribution in [0.5, 0.6) is 0 Å². The monoisotopic (exact) mass is 601 g/mol. The summed E-state index contributed by atoms with van der Waals surface area (Å²) in [5, 5.41) is 3.39. The van der Waals surface area contributed by atoms with Gasteiger partial charge in [-0.05, 0) is 69.9 Å². The van der Waals surface area contributed by atoms with Crippen molar-refractivity contribution in [2.45, 2.75) is 0 Å². The molecule has 0 N–H and O–H groups in total. The number of furan rings is 1. The fraction of sp³-hybridized carbons (Fsp3) is 0. The van der Waals surface area contributed by atoms with Gasteiger partial charge in [0.1, 0.15) is 11.1 Å². The minimum atomic E-state index is 0.683. The Kier molecular flexibility index (Phi) is 6.43. The number of nitrogens with zero attached hydrogens (tertiary/aromatic N) is 3. The van der Waals surface area contributed by atoms with Crippen LogP contribution in [0.2, 0.25) is 0 Å². The van der Waals surface area contributed by atoms with Crippen molar-refractivity contribution in [1.82, 2.24) is 15.0 Å². The molecule has 0 radical (unpaired) electrons. The summed E-state index contributed by atoms with van der Waals surface area (Å²) in [6.07, 6.45) is 1.87. The number of hydrogen-bond donors (Lipinski definition) is 0. The smallest absolute Gasteiger partial charge is 0.161 e. The molecule has 0 bridgehead atoms. The number of pyridine rings is 1. The van der Waals surface area contributed by atoms with E-state index in [1.807, 2.05) is 66.9 Å². The first kappa shape index (κ1) is 27.0.